The van der Waals surface area contributed by atoms with Crippen LogP contribution in [-0.4, -0.2) is 56.5 Å². The maximum absolute atomic E-state index is 12.1. The number of nitrogens with zero attached hydrogens (tertiary/aromatic N) is 2. The quantitative estimate of drug-likeness (QED) is 0.754. The van der Waals surface area contributed by atoms with Crippen molar-refractivity contribution in [3.05, 3.63) is 29.8 Å². The second-order valence-electron chi connectivity index (χ2n) is 5.78. The zero-order valence-electron chi connectivity index (χ0n) is 13.7. The van der Waals surface area contributed by atoms with Gasteiger partial charge in [0, 0.05) is 32.6 Å². The summed E-state index contributed by atoms with van der Waals surface area (Å²) in [4.78, 5) is 13.9. The molecule has 1 amide bonds. The normalized spacial score (nSPS) is 15.2. The van der Waals surface area contributed by atoms with E-state index in [0.717, 1.165) is 37.2 Å². The van der Waals surface area contributed by atoms with Gasteiger partial charge >= 0.3 is 0 Å². The molecular weight excluding hydrogens is 316 g/mol. The predicted octanol–water partition coefficient (Wildman–Crippen LogP) is 1.47. The Bertz CT molecular complexity index is 622. The Kier molecular flexibility index (Phi) is 6.01. The number of rotatable bonds is 7. The average molecular weight is 340 g/mol. The van der Waals surface area contributed by atoms with E-state index >= 15 is 0 Å². The average Bonchev–Trinajstić information content (AvgIpc) is 3.05. The van der Waals surface area contributed by atoms with Crippen molar-refractivity contribution < 1.29 is 17.9 Å². The van der Waals surface area contributed by atoms with Crippen molar-refractivity contribution in [2.24, 2.45) is 0 Å². The third kappa shape index (κ3) is 5.21. The van der Waals surface area contributed by atoms with E-state index in [4.69, 9.17) is 4.74 Å². The maximum atomic E-state index is 12.1. The topological polar surface area (TPSA) is 66.9 Å². The number of methoxy groups -OCH3 is 1. The van der Waals surface area contributed by atoms with Gasteiger partial charge in [0.05, 0.1) is 13.4 Å². The zero-order valence-corrected chi connectivity index (χ0v) is 14.5. The smallest absolute Gasteiger partial charge is 0.223 e. The molecule has 0 aliphatic carbocycles. The molecule has 0 spiro atoms. The highest BCUT2D eigenvalue weighted by atomic mass is 32.2. The van der Waals surface area contributed by atoms with Crippen molar-refractivity contribution in [1.82, 2.24) is 9.21 Å². The molecule has 0 radical (unpaired) electrons. The molecule has 23 heavy (non-hydrogen) atoms. The first-order valence-electron chi connectivity index (χ1n) is 7.76. The van der Waals surface area contributed by atoms with Crippen molar-refractivity contribution in [3.63, 3.8) is 0 Å². The van der Waals surface area contributed by atoms with Gasteiger partial charge in [0.1, 0.15) is 5.75 Å². The third-order valence-corrected chi connectivity index (χ3v) is 5.27. The van der Waals surface area contributed by atoms with E-state index in [2.05, 4.69) is 0 Å². The van der Waals surface area contributed by atoms with Gasteiger partial charge in [-0.25, -0.2) is 8.42 Å². The fraction of sp³-hybridized carbons (Fsp3) is 0.562. The molecule has 1 heterocycles. The molecule has 1 aromatic carbocycles. The standard InChI is InChI=1S/C16H24N2O4S/c1-22-15-7-5-14(6-8-15)13-18(23(2,20)21)12-9-16(19)17-10-3-4-11-17/h5-8H,3-4,9-13H2,1-2H3. The number of sulfonamides is 1. The van der Waals surface area contributed by atoms with E-state index in [-0.39, 0.29) is 25.4 Å². The minimum absolute atomic E-state index is 0.0332. The third-order valence-electron chi connectivity index (χ3n) is 4.02. The van der Waals surface area contributed by atoms with Crippen LogP contribution in [-0.2, 0) is 21.4 Å². The molecule has 1 fully saturated rings. The highest BCUT2D eigenvalue weighted by Crippen LogP contribution is 2.15. The van der Waals surface area contributed by atoms with Crippen molar-refractivity contribution in [1.29, 1.82) is 0 Å². The molecule has 0 N–H and O–H groups in total. The highest BCUT2D eigenvalue weighted by molar-refractivity contribution is 7.88. The number of benzene rings is 1. The SMILES string of the molecule is COc1ccc(CN(CCC(=O)N2CCCC2)S(C)(=O)=O)cc1. The second kappa shape index (κ2) is 7.79. The van der Waals surface area contributed by atoms with Gasteiger partial charge in [-0.3, -0.25) is 4.79 Å². The molecule has 1 aliphatic rings. The van der Waals surface area contributed by atoms with Crippen LogP contribution in [0.3, 0.4) is 0 Å². The van der Waals surface area contributed by atoms with Gasteiger partial charge in [0.15, 0.2) is 0 Å². The first-order chi connectivity index (χ1) is 10.9. The van der Waals surface area contributed by atoms with Crippen molar-refractivity contribution in [3.8, 4) is 5.75 Å². The van der Waals surface area contributed by atoms with E-state index in [1.54, 1.807) is 19.2 Å². The first-order valence-corrected chi connectivity index (χ1v) is 9.61. The number of likely N-dealkylation sites (tertiary alicyclic amines) is 1. The molecule has 0 aromatic heterocycles. The van der Waals surface area contributed by atoms with Crippen LogP contribution in [0.5, 0.6) is 5.75 Å². The lowest BCUT2D eigenvalue weighted by molar-refractivity contribution is -0.130. The Morgan fingerprint density at radius 2 is 1.83 bits per heavy atom. The van der Waals surface area contributed by atoms with Gasteiger partial charge in [0.25, 0.3) is 0 Å². The van der Waals surface area contributed by atoms with Gasteiger partial charge in [-0.05, 0) is 30.5 Å². The summed E-state index contributed by atoms with van der Waals surface area (Å²) in [6.07, 6.45) is 3.47. The summed E-state index contributed by atoms with van der Waals surface area (Å²) in [7, 11) is -1.78. The minimum atomic E-state index is -3.37. The zero-order chi connectivity index (χ0) is 16.9. The lowest BCUT2D eigenvalue weighted by atomic mass is 10.2. The maximum Gasteiger partial charge on any atom is 0.223 e. The molecule has 1 aliphatic heterocycles. The number of ether oxygens (including phenoxy) is 1. The fourth-order valence-electron chi connectivity index (χ4n) is 2.64. The van der Waals surface area contributed by atoms with Crippen LogP contribution in [0.1, 0.15) is 24.8 Å². The minimum Gasteiger partial charge on any atom is -0.497 e. The fourth-order valence-corrected chi connectivity index (χ4v) is 3.45. The Balaban J connectivity index is 1.97. The Hall–Kier alpha value is -1.60. The van der Waals surface area contributed by atoms with Crippen molar-refractivity contribution in [2.75, 3.05) is 33.0 Å². The summed E-state index contributed by atoms with van der Waals surface area (Å²) in [6.45, 7) is 2.04. The van der Waals surface area contributed by atoms with Gasteiger partial charge in [0.2, 0.25) is 15.9 Å². The number of carbonyl (C=O) groups is 1. The molecule has 0 unspecified atom stereocenters. The molecule has 0 saturated carbocycles. The summed E-state index contributed by atoms with van der Waals surface area (Å²) in [6, 6.07) is 7.26. The molecule has 1 aromatic rings. The molecule has 128 valence electrons. The van der Waals surface area contributed by atoms with Crippen LogP contribution >= 0.6 is 0 Å². The van der Waals surface area contributed by atoms with Crippen LogP contribution in [0.4, 0.5) is 0 Å². The lowest BCUT2D eigenvalue weighted by Crippen LogP contribution is -2.35. The Morgan fingerprint density at radius 3 is 2.35 bits per heavy atom. The summed E-state index contributed by atoms with van der Waals surface area (Å²) in [5.41, 5.74) is 0.866. The van der Waals surface area contributed by atoms with Crippen LogP contribution in [0.15, 0.2) is 24.3 Å². The van der Waals surface area contributed by atoms with Crippen LogP contribution in [0.2, 0.25) is 0 Å². The van der Waals surface area contributed by atoms with Gasteiger partial charge in [-0.15, -0.1) is 0 Å². The number of carbonyl (C=O) groups excluding carboxylic acids is 1. The van der Waals surface area contributed by atoms with Crippen LogP contribution in [0, 0.1) is 0 Å². The van der Waals surface area contributed by atoms with E-state index < -0.39 is 10.0 Å². The molecule has 1 saturated heterocycles. The molecular formula is C16H24N2O4S. The van der Waals surface area contributed by atoms with Crippen molar-refractivity contribution >= 4 is 15.9 Å². The second-order valence-corrected chi connectivity index (χ2v) is 7.76. The van der Waals surface area contributed by atoms with E-state index in [0.29, 0.717) is 0 Å². The summed E-state index contributed by atoms with van der Waals surface area (Å²) < 4.78 is 30.4. The van der Waals surface area contributed by atoms with Gasteiger partial charge < -0.3 is 9.64 Å². The molecule has 7 heteroatoms. The molecule has 2 rings (SSSR count). The summed E-state index contributed by atoms with van der Waals surface area (Å²) in [5.74, 6) is 0.759. The highest BCUT2D eigenvalue weighted by Gasteiger charge is 2.22. The monoisotopic (exact) mass is 340 g/mol. The summed E-state index contributed by atoms with van der Waals surface area (Å²) in [5, 5.41) is 0. The first kappa shape index (κ1) is 17.7. The molecule has 0 bridgehead atoms. The number of hydrogen-bond donors (Lipinski definition) is 0. The predicted molar refractivity (Wildman–Crippen MR) is 88.7 cm³/mol. The lowest BCUT2D eigenvalue weighted by Gasteiger charge is -2.22. The van der Waals surface area contributed by atoms with Crippen molar-refractivity contribution in [2.45, 2.75) is 25.8 Å². The Labute approximate surface area is 138 Å². The number of amides is 1. The van der Waals surface area contributed by atoms with Crippen LogP contribution < -0.4 is 4.74 Å². The summed E-state index contributed by atoms with van der Waals surface area (Å²) >= 11 is 0. The number of hydrogen-bond acceptors (Lipinski definition) is 4. The van der Waals surface area contributed by atoms with Crippen LogP contribution in [0.25, 0.3) is 0 Å². The van der Waals surface area contributed by atoms with E-state index in [1.807, 2.05) is 17.0 Å². The molecule has 0 atom stereocenters. The van der Waals surface area contributed by atoms with E-state index in [1.165, 1.54) is 10.6 Å². The Morgan fingerprint density at radius 1 is 1.22 bits per heavy atom. The largest absolute Gasteiger partial charge is 0.497 e. The molecule has 6 nitrogen and oxygen atoms in total. The van der Waals surface area contributed by atoms with Gasteiger partial charge in [-0.1, -0.05) is 12.1 Å². The van der Waals surface area contributed by atoms with E-state index in [9.17, 15) is 13.2 Å². The van der Waals surface area contributed by atoms with Gasteiger partial charge in [-0.2, -0.15) is 4.31 Å².